The summed E-state index contributed by atoms with van der Waals surface area (Å²) in [5.41, 5.74) is -1.43. The molecule has 0 aromatic carbocycles. The first-order chi connectivity index (χ1) is 4.42. The zero-order valence-corrected chi connectivity index (χ0v) is 7.27. The lowest BCUT2D eigenvalue weighted by Gasteiger charge is -2.15. The standard InChI is InChI=1S/C6H8BrFO2/c1-6(2,5(9)10)4(8)3-7/h3H,1-2H3,(H,9,10)/b4-3-. The van der Waals surface area contributed by atoms with Crippen molar-refractivity contribution in [3.8, 4) is 0 Å². The molecule has 0 spiro atoms. The maximum Gasteiger partial charge on any atom is 0.315 e. The quantitative estimate of drug-likeness (QED) is 0.760. The number of carboxylic acid groups (broad SMARTS) is 1. The third-order valence-electron chi connectivity index (χ3n) is 1.23. The lowest BCUT2D eigenvalue weighted by molar-refractivity contribution is -0.145. The predicted octanol–water partition coefficient (Wildman–Crippen LogP) is 2.30. The topological polar surface area (TPSA) is 37.3 Å². The molecule has 0 rings (SSSR count). The molecule has 2 nitrogen and oxygen atoms in total. The third-order valence-corrected chi connectivity index (χ3v) is 1.63. The van der Waals surface area contributed by atoms with E-state index in [0.717, 1.165) is 4.99 Å². The Morgan fingerprint density at radius 2 is 2.10 bits per heavy atom. The summed E-state index contributed by atoms with van der Waals surface area (Å²) >= 11 is 2.72. The van der Waals surface area contributed by atoms with Gasteiger partial charge in [0.1, 0.15) is 11.2 Å². The average molecular weight is 211 g/mol. The van der Waals surface area contributed by atoms with Gasteiger partial charge in [-0.2, -0.15) is 0 Å². The highest BCUT2D eigenvalue weighted by Gasteiger charge is 2.32. The SMILES string of the molecule is CC(C)(C(=O)O)/C(F)=C/Br. The monoisotopic (exact) mass is 210 g/mol. The van der Waals surface area contributed by atoms with Gasteiger partial charge >= 0.3 is 5.97 Å². The van der Waals surface area contributed by atoms with Crippen molar-refractivity contribution in [1.29, 1.82) is 0 Å². The summed E-state index contributed by atoms with van der Waals surface area (Å²) in [6, 6.07) is 0. The van der Waals surface area contributed by atoms with Gasteiger partial charge < -0.3 is 5.11 Å². The first-order valence-corrected chi connectivity index (χ1v) is 3.54. The number of carboxylic acids is 1. The summed E-state index contributed by atoms with van der Waals surface area (Å²) in [4.78, 5) is 11.3. The number of aliphatic carboxylic acids is 1. The molecule has 0 saturated carbocycles. The lowest BCUT2D eigenvalue weighted by atomic mass is 9.93. The van der Waals surface area contributed by atoms with E-state index in [2.05, 4.69) is 15.9 Å². The number of carbonyl (C=O) groups is 1. The summed E-state index contributed by atoms with van der Waals surface area (Å²) in [5, 5.41) is 8.44. The highest BCUT2D eigenvalue weighted by molar-refractivity contribution is 9.11. The molecular formula is C6H8BrFO2. The van der Waals surface area contributed by atoms with Crippen LogP contribution in [0.25, 0.3) is 0 Å². The van der Waals surface area contributed by atoms with Crippen LogP contribution in [-0.2, 0) is 4.79 Å². The van der Waals surface area contributed by atoms with E-state index < -0.39 is 17.2 Å². The minimum Gasteiger partial charge on any atom is -0.481 e. The number of halogens is 2. The van der Waals surface area contributed by atoms with Crippen LogP contribution >= 0.6 is 15.9 Å². The van der Waals surface area contributed by atoms with Gasteiger partial charge in [-0.15, -0.1) is 0 Å². The summed E-state index contributed by atoms with van der Waals surface area (Å²) in [6.45, 7) is 2.59. The van der Waals surface area contributed by atoms with Crippen molar-refractivity contribution in [1.82, 2.24) is 0 Å². The first-order valence-electron chi connectivity index (χ1n) is 2.62. The summed E-state index contributed by atoms with van der Waals surface area (Å²) in [7, 11) is 0. The fourth-order valence-corrected chi connectivity index (χ4v) is 0.811. The summed E-state index contributed by atoms with van der Waals surface area (Å²) < 4.78 is 12.6. The van der Waals surface area contributed by atoms with Crippen LogP contribution in [0.2, 0.25) is 0 Å². The van der Waals surface area contributed by atoms with Crippen LogP contribution in [-0.4, -0.2) is 11.1 Å². The van der Waals surface area contributed by atoms with Crippen molar-refractivity contribution in [2.75, 3.05) is 0 Å². The van der Waals surface area contributed by atoms with E-state index in [1.54, 1.807) is 0 Å². The fraction of sp³-hybridized carbons (Fsp3) is 0.500. The molecule has 0 amide bonds. The van der Waals surface area contributed by atoms with Gasteiger partial charge in [0.05, 0.1) is 0 Å². The van der Waals surface area contributed by atoms with Crippen molar-refractivity contribution < 1.29 is 14.3 Å². The van der Waals surface area contributed by atoms with E-state index in [1.807, 2.05) is 0 Å². The van der Waals surface area contributed by atoms with E-state index >= 15 is 0 Å². The normalized spacial score (nSPS) is 13.4. The zero-order valence-electron chi connectivity index (χ0n) is 5.69. The highest BCUT2D eigenvalue weighted by Crippen LogP contribution is 2.28. The molecule has 0 saturated heterocycles. The van der Waals surface area contributed by atoms with Crippen molar-refractivity contribution in [3.05, 3.63) is 10.8 Å². The van der Waals surface area contributed by atoms with Gasteiger partial charge in [-0.1, -0.05) is 15.9 Å². The van der Waals surface area contributed by atoms with Crippen LogP contribution in [0.4, 0.5) is 4.39 Å². The van der Waals surface area contributed by atoms with Crippen LogP contribution in [0.3, 0.4) is 0 Å². The molecule has 10 heavy (non-hydrogen) atoms. The van der Waals surface area contributed by atoms with Crippen molar-refractivity contribution >= 4 is 21.9 Å². The van der Waals surface area contributed by atoms with E-state index in [-0.39, 0.29) is 0 Å². The van der Waals surface area contributed by atoms with Crippen molar-refractivity contribution in [3.63, 3.8) is 0 Å². The Kier molecular flexibility index (Phi) is 3.02. The molecule has 0 heterocycles. The highest BCUT2D eigenvalue weighted by atomic mass is 79.9. The maximum absolute atomic E-state index is 12.6. The molecule has 1 N–H and O–H groups in total. The Labute approximate surface area is 66.9 Å². The molecule has 0 aliphatic heterocycles. The molecule has 0 radical (unpaired) electrons. The fourth-order valence-electron chi connectivity index (χ4n) is 0.239. The molecule has 4 heteroatoms. The molecule has 0 aromatic rings. The van der Waals surface area contributed by atoms with Crippen LogP contribution in [0, 0.1) is 5.41 Å². The lowest BCUT2D eigenvalue weighted by Crippen LogP contribution is -2.23. The maximum atomic E-state index is 12.6. The number of hydrogen-bond donors (Lipinski definition) is 1. The van der Waals surface area contributed by atoms with Crippen LogP contribution in [0.15, 0.2) is 10.8 Å². The Balaban J connectivity index is 4.56. The molecule has 58 valence electrons. The molecule has 0 aliphatic rings. The van der Waals surface area contributed by atoms with Gasteiger partial charge in [-0.05, 0) is 13.8 Å². The van der Waals surface area contributed by atoms with Gasteiger partial charge in [0.25, 0.3) is 0 Å². The van der Waals surface area contributed by atoms with Crippen LogP contribution in [0.1, 0.15) is 13.8 Å². The van der Waals surface area contributed by atoms with E-state index in [0.29, 0.717) is 0 Å². The van der Waals surface area contributed by atoms with E-state index in [4.69, 9.17) is 5.11 Å². The van der Waals surface area contributed by atoms with E-state index in [1.165, 1.54) is 13.8 Å². The van der Waals surface area contributed by atoms with Crippen LogP contribution < -0.4 is 0 Å². The van der Waals surface area contributed by atoms with Gasteiger partial charge in [-0.3, -0.25) is 4.79 Å². The molecule has 0 atom stereocenters. The molecule has 0 bridgehead atoms. The first kappa shape index (κ1) is 9.62. The second-order valence-electron chi connectivity index (χ2n) is 2.39. The smallest absolute Gasteiger partial charge is 0.315 e. The summed E-state index contributed by atoms with van der Waals surface area (Å²) in [6.07, 6.45) is 0. The number of rotatable bonds is 2. The second-order valence-corrected chi connectivity index (χ2v) is 2.85. The average Bonchev–Trinajstić information content (AvgIpc) is 1.86. The molecule has 0 fully saturated rings. The third kappa shape index (κ3) is 1.80. The zero-order chi connectivity index (χ0) is 8.36. The van der Waals surface area contributed by atoms with Gasteiger partial charge in [0.2, 0.25) is 0 Å². The Bertz CT molecular complexity index is 175. The predicted molar refractivity (Wildman–Crippen MR) is 39.5 cm³/mol. The Morgan fingerprint density at radius 3 is 2.20 bits per heavy atom. The van der Waals surface area contributed by atoms with Crippen molar-refractivity contribution in [2.24, 2.45) is 5.41 Å². The van der Waals surface area contributed by atoms with Crippen molar-refractivity contribution in [2.45, 2.75) is 13.8 Å². The Hall–Kier alpha value is -0.380. The minimum atomic E-state index is -1.43. The molecule has 0 unspecified atom stereocenters. The van der Waals surface area contributed by atoms with Crippen LogP contribution in [0.5, 0.6) is 0 Å². The second kappa shape index (κ2) is 3.14. The number of hydrogen-bond acceptors (Lipinski definition) is 1. The van der Waals surface area contributed by atoms with Gasteiger partial charge in [-0.25, -0.2) is 4.39 Å². The van der Waals surface area contributed by atoms with Gasteiger partial charge in [0.15, 0.2) is 0 Å². The molecule has 0 aliphatic carbocycles. The molecule has 0 aromatic heterocycles. The minimum absolute atomic E-state index is 0.694. The molecular weight excluding hydrogens is 203 g/mol. The largest absolute Gasteiger partial charge is 0.481 e. The Morgan fingerprint density at radius 1 is 1.70 bits per heavy atom. The summed E-state index contributed by atoms with van der Waals surface area (Å²) in [5.74, 6) is -1.87. The van der Waals surface area contributed by atoms with Gasteiger partial charge in [0, 0.05) is 4.99 Å². The van der Waals surface area contributed by atoms with E-state index in [9.17, 15) is 9.18 Å².